The maximum Gasteiger partial charge on any atom is 0.261 e. The van der Waals surface area contributed by atoms with Gasteiger partial charge in [-0.1, -0.05) is 24.3 Å². The number of aliphatic hydroxyl groups excluding tert-OH is 1. The van der Waals surface area contributed by atoms with Crippen LogP contribution in [0.4, 0.5) is 0 Å². The smallest absolute Gasteiger partial charge is 0.261 e. The fourth-order valence-electron chi connectivity index (χ4n) is 4.86. The van der Waals surface area contributed by atoms with Gasteiger partial charge in [-0.3, -0.25) is 14.0 Å². The van der Waals surface area contributed by atoms with Crippen LogP contribution >= 0.6 is 0 Å². The first-order chi connectivity index (χ1) is 15.4. The molecule has 5 rings (SSSR count). The van der Waals surface area contributed by atoms with Crippen LogP contribution in [0.3, 0.4) is 0 Å². The number of benzene rings is 2. The topological polar surface area (TPSA) is 72.9 Å². The minimum Gasteiger partial charge on any atom is -0.391 e. The first kappa shape index (κ1) is 20.6. The summed E-state index contributed by atoms with van der Waals surface area (Å²) >= 11 is 0. The molecule has 1 aliphatic carbocycles. The van der Waals surface area contributed by atoms with E-state index in [4.69, 9.17) is 0 Å². The maximum absolute atomic E-state index is 13.3. The van der Waals surface area contributed by atoms with E-state index in [9.17, 15) is 9.90 Å². The van der Waals surface area contributed by atoms with Gasteiger partial charge < -0.3 is 5.11 Å². The lowest BCUT2D eigenvalue weighted by Gasteiger charge is -2.19. The first-order valence-electron chi connectivity index (χ1n) is 11.2. The van der Waals surface area contributed by atoms with Gasteiger partial charge >= 0.3 is 0 Å². The van der Waals surface area contributed by atoms with Crippen molar-refractivity contribution in [2.24, 2.45) is 7.05 Å². The van der Waals surface area contributed by atoms with Gasteiger partial charge in [0.05, 0.1) is 35.1 Å². The number of aliphatic hydroxyl groups is 1. The van der Waals surface area contributed by atoms with E-state index in [0.717, 1.165) is 59.1 Å². The molecule has 1 saturated carbocycles. The van der Waals surface area contributed by atoms with Crippen LogP contribution in [0.2, 0.25) is 0 Å². The third kappa shape index (κ3) is 3.54. The molecule has 0 bridgehead atoms. The Kier molecular flexibility index (Phi) is 5.18. The lowest BCUT2D eigenvalue weighted by atomic mass is 9.94. The molecular weight excluding hydrogens is 400 g/mol. The summed E-state index contributed by atoms with van der Waals surface area (Å²) < 4.78 is 3.44. The predicted octanol–water partition coefficient (Wildman–Crippen LogP) is 4.09. The molecule has 1 aliphatic rings. The van der Waals surface area contributed by atoms with Crippen LogP contribution in [-0.2, 0) is 13.5 Å². The van der Waals surface area contributed by atoms with Crippen molar-refractivity contribution in [3.05, 3.63) is 81.5 Å². The fraction of sp³-hybridized carbons (Fsp3) is 0.346. The van der Waals surface area contributed by atoms with Crippen molar-refractivity contribution in [1.29, 1.82) is 0 Å². The van der Waals surface area contributed by atoms with Crippen LogP contribution in [0.1, 0.15) is 47.6 Å². The Bertz CT molecular complexity index is 1350. The lowest BCUT2D eigenvalue weighted by molar-refractivity contribution is 0.134. The number of hydrogen-bond donors (Lipinski definition) is 1. The van der Waals surface area contributed by atoms with Crippen LogP contribution in [0, 0.1) is 13.8 Å². The van der Waals surface area contributed by atoms with Crippen LogP contribution < -0.4 is 5.56 Å². The second-order valence-corrected chi connectivity index (χ2v) is 8.95. The Morgan fingerprint density at radius 2 is 1.88 bits per heavy atom. The summed E-state index contributed by atoms with van der Waals surface area (Å²) in [6.07, 6.45) is 6.31. The second-order valence-electron chi connectivity index (χ2n) is 8.95. The molecular formula is C26H28N4O2. The van der Waals surface area contributed by atoms with E-state index < -0.39 is 6.10 Å². The van der Waals surface area contributed by atoms with Crippen molar-refractivity contribution in [3.8, 4) is 11.3 Å². The summed E-state index contributed by atoms with van der Waals surface area (Å²) in [7, 11) is 1.92. The van der Waals surface area contributed by atoms with E-state index in [1.807, 2.05) is 32.3 Å². The fourth-order valence-corrected chi connectivity index (χ4v) is 4.86. The van der Waals surface area contributed by atoms with Gasteiger partial charge in [-0.25, -0.2) is 4.98 Å². The van der Waals surface area contributed by atoms with Crippen molar-refractivity contribution in [2.75, 3.05) is 0 Å². The van der Waals surface area contributed by atoms with Crippen molar-refractivity contribution in [2.45, 2.75) is 51.7 Å². The van der Waals surface area contributed by atoms with Crippen molar-refractivity contribution >= 4 is 10.9 Å². The van der Waals surface area contributed by atoms with Crippen LogP contribution in [-0.4, -0.2) is 30.5 Å². The van der Waals surface area contributed by atoms with E-state index in [0.29, 0.717) is 5.39 Å². The summed E-state index contributed by atoms with van der Waals surface area (Å²) in [5.74, 6) is 0. The number of fused-ring (bicyclic) bond motifs is 1. The molecule has 0 aliphatic heterocycles. The van der Waals surface area contributed by atoms with Gasteiger partial charge in [0.1, 0.15) is 0 Å². The average Bonchev–Trinajstić information content (AvgIpc) is 3.41. The largest absolute Gasteiger partial charge is 0.391 e. The van der Waals surface area contributed by atoms with Crippen molar-refractivity contribution in [1.82, 2.24) is 19.3 Å². The summed E-state index contributed by atoms with van der Waals surface area (Å²) in [6.45, 7) is 4.13. The lowest BCUT2D eigenvalue weighted by Crippen LogP contribution is -2.29. The molecule has 32 heavy (non-hydrogen) atoms. The zero-order valence-corrected chi connectivity index (χ0v) is 18.7. The van der Waals surface area contributed by atoms with E-state index in [-0.39, 0.29) is 11.6 Å². The van der Waals surface area contributed by atoms with E-state index in [2.05, 4.69) is 41.3 Å². The SMILES string of the molecule is Cc1c(Cc2ccc(-c3ccn(C)n3)cc2)cc2c(=O)n([C@@H]3CCC[C@H]3O)cnc2c1C. The number of aryl methyl sites for hydroxylation is 2. The molecule has 2 heterocycles. The molecule has 164 valence electrons. The monoisotopic (exact) mass is 428 g/mol. The van der Waals surface area contributed by atoms with Gasteiger partial charge in [-0.05, 0) is 73.9 Å². The van der Waals surface area contributed by atoms with Crippen LogP contribution in [0.5, 0.6) is 0 Å². The summed E-state index contributed by atoms with van der Waals surface area (Å²) in [6, 6.07) is 12.3. The predicted molar refractivity (Wildman–Crippen MR) is 126 cm³/mol. The van der Waals surface area contributed by atoms with Crippen molar-refractivity contribution < 1.29 is 5.11 Å². The highest BCUT2D eigenvalue weighted by atomic mass is 16.3. The minimum atomic E-state index is -0.476. The Labute approximate surface area is 187 Å². The summed E-state index contributed by atoms with van der Waals surface area (Å²) in [5.41, 5.74) is 7.25. The normalized spacial score (nSPS) is 18.5. The standard InChI is InChI=1S/C26H28N4O2/c1-16-17(2)25-21(26(32)30(15-27-25)23-5-4-6-24(23)31)14-20(16)13-18-7-9-19(10-8-18)22-11-12-29(3)28-22/h7-12,14-15,23-24,31H,4-6,13H2,1-3H3/t23-,24-/m1/s1. The molecule has 0 spiro atoms. The molecule has 4 aromatic rings. The number of aromatic nitrogens is 4. The van der Waals surface area contributed by atoms with E-state index in [1.54, 1.807) is 15.6 Å². The second kappa shape index (κ2) is 8.02. The van der Waals surface area contributed by atoms with Gasteiger partial charge in [-0.15, -0.1) is 0 Å². The highest BCUT2D eigenvalue weighted by Gasteiger charge is 2.28. The van der Waals surface area contributed by atoms with Gasteiger partial charge in [0.15, 0.2) is 0 Å². The molecule has 2 aromatic heterocycles. The molecule has 0 amide bonds. The zero-order chi connectivity index (χ0) is 22.4. The van der Waals surface area contributed by atoms with Crippen LogP contribution in [0.25, 0.3) is 22.2 Å². The molecule has 2 aromatic carbocycles. The quantitative estimate of drug-likeness (QED) is 0.531. The van der Waals surface area contributed by atoms with Gasteiger partial charge in [0.25, 0.3) is 5.56 Å². The summed E-state index contributed by atoms with van der Waals surface area (Å²) in [4.78, 5) is 18.0. The number of nitrogens with zero attached hydrogens (tertiary/aromatic N) is 4. The zero-order valence-electron chi connectivity index (χ0n) is 18.7. The summed E-state index contributed by atoms with van der Waals surface area (Å²) in [5, 5.41) is 15.4. The third-order valence-electron chi connectivity index (χ3n) is 6.91. The van der Waals surface area contributed by atoms with Crippen LogP contribution in [0.15, 0.2) is 53.7 Å². The highest BCUT2D eigenvalue weighted by Crippen LogP contribution is 2.30. The molecule has 6 nitrogen and oxygen atoms in total. The Morgan fingerprint density at radius 3 is 2.53 bits per heavy atom. The molecule has 0 radical (unpaired) electrons. The third-order valence-corrected chi connectivity index (χ3v) is 6.91. The van der Waals surface area contributed by atoms with Gasteiger partial charge in [0, 0.05) is 18.8 Å². The Balaban J connectivity index is 1.51. The van der Waals surface area contributed by atoms with Gasteiger partial charge in [-0.2, -0.15) is 5.10 Å². The molecule has 1 fully saturated rings. The molecule has 0 unspecified atom stereocenters. The Morgan fingerprint density at radius 1 is 1.09 bits per heavy atom. The van der Waals surface area contributed by atoms with Gasteiger partial charge in [0.2, 0.25) is 0 Å². The molecule has 0 saturated heterocycles. The average molecular weight is 429 g/mol. The molecule has 2 atom stereocenters. The Hall–Kier alpha value is -3.25. The first-order valence-corrected chi connectivity index (χ1v) is 11.2. The van der Waals surface area contributed by atoms with E-state index >= 15 is 0 Å². The minimum absolute atomic E-state index is 0.0594. The molecule has 1 N–H and O–H groups in total. The number of rotatable bonds is 4. The number of hydrogen-bond acceptors (Lipinski definition) is 4. The van der Waals surface area contributed by atoms with E-state index in [1.165, 1.54) is 5.56 Å². The highest BCUT2D eigenvalue weighted by molar-refractivity contribution is 5.83. The maximum atomic E-state index is 13.3. The molecule has 6 heteroatoms. The van der Waals surface area contributed by atoms with Crippen molar-refractivity contribution in [3.63, 3.8) is 0 Å².